The fraction of sp³-hybridized carbons (Fsp3) is 0.115. The Hall–Kier alpha value is -4.79. The van der Waals surface area contributed by atoms with Gasteiger partial charge >= 0.3 is 0 Å². The molecule has 0 spiro atoms. The van der Waals surface area contributed by atoms with Crippen molar-refractivity contribution in [2.75, 3.05) is 5.32 Å². The van der Waals surface area contributed by atoms with Crippen LogP contribution in [0.1, 0.15) is 11.3 Å². The third-order valence-electron chi connectivity index (χ3n) is 6.20. The molecule has 1 N–H and O–H groups in total. The molecule has 0 radical (unpaired) electrons. The Balaban J connectivity index is 1.53. The minimum atomic E-state index is -0.395. The largest absolute Gasteiger partial charge is 0.439 e. The predicted molar refractivity (Wildman–Crippen MR) is 132 cm³/mol. The highest BCUT2D eigenvalue weighted by Crippen LogP contribution is 2.46. The Morgan fingerprint density at radius 2 is 1.91 bits per heavy atom. The van der Waals surface area contributed by atoms with Crippen molar-refractivity contribution in [1.29, 1.82) is 0 Å². The SMILES string of the molecule is Cc1cccc(Oc2ccc3c(c2)CNc2ncnc4c2c-3c(-c2ccc([N+](=O)[O-])cc2)n4C)n1. The van der Waals surface area contributed by atoms with Gasteiger partial charge in [-0.2, -0.15) is 0 Å². The maximum absolute atomic E-state index is 11.2. The number of benzene rings is 2. The molecule has 2 aromatic carbocycles. The van der Waals surface area contributed by atoms with E-state index in [1.165, 1.54) is 12.1 Å². The number of ether oxygens (including phenoxy) is 1. The van der Waals surface area contributed by atoms with E-state index in [-0.39, 0.29) is 5.69 Å². The lowest BCUT2D eigenvalue weighted by Crippen LogP contribution is -2.03. The molecule has 35 heavy (non-hydrogen) atoms. The molecule has 9 nitrogen and oxygen atoms in total. The van der Waals surface area contributed by atoms with E-state index in [1.54, 1.807) is 18.5 Å². The number of fused-ring (bicyclic) bond motifs is 2. The van der Waals surface area contributed by atoms with Crippen molar-refractivity contribution >= 4 is 22.5 Å². The minimum Gasteiger partial charge on any atom is -0.439 e. The molecule has 0 bridgehead atoms. The summed E-state index contributed by atoms with van der Waals surface area (Å²) in [5.41, 5.74) is 6.51. The summed E-state index contributed by atoms with van der Waals surface area (Å²) in [5, 5.41) is 15.5. The van der Waals surface area contributed by atoms with E-state index in [0.717, 1.165) is 50.5 Å². The van der Waals surface area contributed by atoms with E-state index in [4.69, 9.17) is 4.74 Å². The van der Waals surface area contributed by atoms with Crippen LogP contribution in [-0.4, -0.2) is 24.4 Å². The lowest BCUT2D eigenvalue weighted by atomic mass is 9.95. The zero-order valence-electron chi connectivity index (χ0n) is 19.0. The van der Waals surface area contributed by atoms with Crippen molar-refractivity contribution in [3.63, 3.8) is 0 Å². The molecule has 0 fully saturated rings. The lowest BCUT2D eigenvalue weighted by Gasteiger charge is -2.13. The van der Waals surface area contributed by atoms with Gasteiger partial charge in [0.25, 0.3) is 5.69 Å². The Bertz CT molecular complexity index is 1630. The smallest absolute Gasteiger partial charge is 0.269 e. The molecule has 5 aromatic rings. The number of rotatable bonds is 4. The molecule has 0 unspecified atom stereocenters. The second-order valence-corrected chi connectivity index (χ2v) is 8.40. The Morgan fingerprint density at radius 1 is 1.09 bits per heavy atom. The third kappa shape index (κ3) is 3.45. The molecule has 0 saturated carbocycles. The van der Waals surface area contributed by atoms with Crippen LogP contribution in [0.3, 0.4) is 0 Å². The van der Waals surface area contributed by atoms with Gasteiger partial charge in [0.15, 0.2) is 0 Å². The van der Waals surface area contributed by atoms with Crippen LogP contribution in [0, 0.1) is 17.0 Å². The fourth-order valence-electron chi connectivity index (χ4n) is 4.63. The van der Waals surface area contributed by atoms with Gasteiger partial charge in [-0.1, -0.05) is 12.1 Å². The average Bonchev–Trinajstić information content (AvgIpc) is 3.05. The molecule has 0 saturated heterocycles. The molecule has 3 aromatic heterocycles. The van der Waals surface area contributed by atoms with Crippen molar-refractivity contribution in [2.45, 2.75) is 13.5 Å². The van der Waals surface area contributed by atoms with Crippen LogP contribution in [0.15, 0.2) is 67.0 Å². The van der Waals surface area contributed by atoms with Gasteiger partial charge in [0, 0.05) is 43.0 Å². The standard InChI is InChI=1S/C26H20N6O3/c1-15-4-3-5-21(30-15)35-19-10-11-20-17(12-19)13-27-25-23-22(20)24(31(2)26(23)29-14-28-25)16-6-8-18(9-7-16)32(33)34/h3-12,14H,13H2,1-2H3,(H,27,28,29). The van der Waals surface area contributed by atoms with Crippen LogP contribution in [-0.2, 0) is 13.6 Å². The molecule has 4 heterocycles. The molecule has 0 atom stereocenters. The first kappa shape index (κ1) is 20.8. The minimum absolute atomic E-state index is 0.0486. The molecule has 6 rings (SSSR count). The summed E-state index contributed by atoms with van der Waals surface area (Å²) in [7, 11) is 1.95. The summed E-state index contributed by atoms with van der Waals surface area (Å²) in [6, 6.07) is 18.2. The van der Waals surface area contributed by atoms with Gasteiger partial charge in [-0.05, 0) is 53.9 Å². The topological polar surface area (TPSA) is 108 Å². The van der Waals surface area contributed by atoms with Gasteiger partial charge in [0.2, 0.25) is 5.88 Å². The quantitative estimate of drug-likeness (QED) is 0.271. The molecule has 9 heteroatoms. The molecular weight excluding hydrogens is 444 g/mol. The van der Waals surface area contributed by atoms with Gasteiger partial charge in [-0.15, -0.1) is 0 Å². The van der Waals surface area contributed by atoms with Crippen molar-refractivity contribution in [3.8, 4) is 34.0 Å². The number of aryl methyl sites for hydroxylation is 2. The van der Waals surface area contributed by atoms with Crippen molar-refractivity contribution < 1.29 is 9.66 Å². The van der Waals surface area contributed by atoms with Crippen LogP contribution in [0.25, 0.3) is 33.4 Å². The second kappa shape index (κ2) is 7.91. The number of nitrogens with one attached hydrogen (secondary N) is 1. The molecule has 0 aliphatic carbocycles. The first-order valence-corrected chi connectivity index (χ1v) is 11.1. The Morgan fingerprint density at radius 3 is 2.69 bits per heavy atom. The summed E-state index contributed by atoms with van der Waals surface area (Å²) in [4.78, 5) is 24.3. The van der Waals surface area contributed by atoms with Gasteiger partial charge < -0.3 is 14.6 Å². The summed E-state index contributed by atoms with van der Waals surface area (Å²) in [6.45, 7) is 2.48. The van der Waals surface area contributed by atoms with E-state index in [1.807, 2.05) is 54.9 Å². The van der Waals surface area contributed by atoms with Crippen LogP contribution < -0.4 is 10.1 Å². The van der Waals surface area contributed by atoms with E-state index < -0.39 is 4.92 Å². The van der Waals surface area contributed by atoms with E-state index in [9.17, 15) is 10.1 Å². The van der Waals surface area contributed by atoms with Gasteiger partial charge in [-0.3, -0.25) is 10.1 Å². The van der Waals surface area contributed by atoms with E-state index in [2.05, 4.69) is 20.3 Å². The molecule has 1 aliphatic rings. The van der Waals surface area contributed by atoms with Gasteiger partial charge in [0.1, 0.15) is 23.5 Å². The number of anilines is 1. The highest BCUT2D eigenvalue weighted by atomic mass is 16.6. The van der Waals surface area contributed by atoms with Crippen LogP contribution in [0.5, 0.6) is 11.6 Å². The number of hydrogen-bond acceptors (Lipinski definition) is 7. The summed E-state index contributed by atoms with van der Waals surface area (Å²) < 4.78 is 8.04. The first-order chi connectivity index (χ1) is 17.0. The Kier molecular flexibility index (Phi) is 4.70. The zero-order valence-corrected chi connectivity index (χ0v) is 19.0. The number of nitro benzene ring substituents is 1. The van der Waals surface area contributed by atoms with Gasteiger partial charge in [-0.25, -0.2) is 15.0 Å². The van der Waals surface area contributed by atoms with Crippen LogP contribution in [0.4, 0.5) is 11.5 Å². The van der Waals surface area contributed by atoms with Crippen molar-refractivity contribution in [2.24, 2.45) is 7.05 Å². The third-order valence-corrected chi connectivity index (χ3v) is 6.20. The molecule has 0 amide bonds. The highest BCUT2D eigenvalue weighted by Gasteiger charge is 2.26. The lowest BCUT2D eigenvalue weighted by molar-refractivity contribution is -0.384. The summed E-state index contributed by atoms with van der Waals surface area (Å²) in [6.07, 6.45) is 1.54. The number of nitrogens with zero attached hydrogens (tertiary/aromatic N) is 5. The first-order valence-electron chi connectivity index (χ1n) is 11.1. The van der Waals surface area contributed by atoms with Gasteiger partial charge in [0.05, 0.1) is 16.0 Å². The number of aromatic nitrogens is 4. The van der Waals surface area contributed by atoms with Crippen LogP contribution in [0.2, 0.25) is 0 Å². The number of nitro groups is 1. The van der Waals surface area contributed by atoms with Crippen molar-refractivity contribution in [3.05, 3.63) is 88.4 Å². The normalized spacial score (nSPS) is 12.1. The fourth-order valence-corrected chi connectivity index (χ4v) is 4.63. The average molecular weight is 464 g/mol. The number of pyridine rings is 1. The predicted octanol–water partition coefficient (Wildman–Crippen LogP) is 5.63. The van der Waals surface area contributed by atoms with Crippen LogP contribution >= 0.6 is 0 Å². The van der Waals surface area contributed by atoms with Crippen molar-refractivity contribution in [1.82, 2.24) is 19.5 Å². The molecular formula is C26H20N6O3. The maximum Gasteiger partial charge on any atom is 0.269 e. The highest BCUT2D eigenvalue weighted by molar-refractivity contribution is 6.09. The second-order valence-electron chi connectivity index (χ2n) is 8.40. The monoisotopic (exact) mass is 464 g/mol. The van der Waals surface area contributed by atoms with E-state index >= 15 is 0 Å². The zero-order chi connectivity index (χ0) is 24.1. The summed E-state index contributed by atoms with van der Waals surface area (Å²) in [5.74, 6) is 1.96. The molecule has 1 aliphatic heterocycles. The van der Waals surface area contributed by atoms with E-state index in [0.29, 0.717) is 18.2 Å². The summed E-state index contributed by atoms with van der Waals surface area (Å²) >= 11 is 0. The number of hydrogen-bond donors (Lipinski definition) is 1. The maximum atomic E-state index is 11.2. The Labute approximate surface area is 200 Å². The number of non-ortho nitro benzene ring substituents is 1. The molecule has 172 valence electrons.